The lowest BCUT2D eigenvalue weighted by Gasteiger charge is -2.23. The fraction of sp³-hybridized carbons (Fsp3) is 0.357. The van der Waals surface area contributed by atoms with Gasteiger partial charge in [-0.15, -0.1) is 12.4 Å². The Bertz CT molecular complexity index is 570. The first-order valence-corrected chi connectivity index (χ1v) is 6.42. The standard InChI is InChI=1S/C14H17N3O.ClH/c18-14-16(12-4-2-1-3-5-12)10-11-17(14)13-6-8-15-9-7-13;/h1-5,10-11,13,15H,6-9H2;1H. The predicted octanol–water partition coefficient (Wildman–Crippen LogP) is 1.99. The molecule has 1 fully saturated rings. The molecule has 0 atom stereocenters. The molecule has 0 spiro atoms. The number of hydrogen-bond acceptors (Lipinski definition) is 2. The molecule has 0 saturated carbocycles. The van der Waals surface area contributed by atoms with Gasteiger partial charge in [-0.1, -0.05) is 18.2 Å². The van der Waals surface area contributed by atoms with Crippen LogP contribution in [0.5, 0.6) is 0 Å². The molecule has 102 valence electrons. The Morgan fingerprint density at radius 3 is 2.42 bits per heavy atom. The fourth-order valence-corrected chi connectivity index (χ4v) is 2.54. The minimum atomic E-state index is 0. The number of nitrogens with zero attached hydrogens (tertiary/aromatic N) is 2. The summed E-state index contributed by atoms with van der Waals surface area (Å²) in [4.78, 5) is 12.4. The molecule has 0 amide bonds. The molecule has 1 aliphatic rings. The van der Waals surface area contributed by atoms with Gasteiger partial charge in [0.05, 0.1) is 5.69 Å². The van der Waals surface area contributed by atoms with E-state index in [2.05, 4.69) is 5.32 Å². The average molecular weight is 280 g/mol. The molecule has 3 rings (SSSR count). The number of benzene rings is 1. The van der Waals surface area contributed by atoms with Gasteiger partial charge in [0.1, 0.15) is 0 Å². The van der Waals surface area contributed by atoms with Gasteiger partial charge in [-0.25, -0.2) is 4.79 Å². The van der Waals surface area contributed by atoms with E-state index in [1.807, 2.05) is 47.3 Å². The van der Waals surface area contributed by atoms with Crippen molar-refractivity contribution in [1.29, 1.82) is 0 Å². The van der Waals surface area contributed by atoms with E-state index in [0.29, 0.717) is 6.04 Å². The molecule has 0 aliphatic carbocycles. The van der Waals surface area contributed by atoms with E-state index in [4.69, 9.17) is 0 Å². The van der Waals surface area contributed by atoms with E-state index >= 15 is 0 Å². The number of piperidine rings is 1. The molecule has 2 aromatic rings. The molecule has 0 radical (unpaired) electrons. The second-order valence-electron chi connectivity index (χ2n) is 4.67. The second-order valence-corrected chi connectivity index (χ2v) is 4.67. The molecule has 0 bridgehead atoms. The highest BCUT2D eigenvalue weighted by atomic mass is 35.5. The van der Waals surface area contributed by atoms with Gasteiger partial charge in [-0.3, -0.25) is 9.13 Å². The van der Waals surface area contributed by atoms with Gasteiger partial charge >= 0.3 is 5.69 Å². The molecule has 1 aromatic heterocycles. The van der Waals surface area contributed by atoms with Crippen LogP contribution >= 0.6 is 12.4 Å². The van der Waals surface area contributed by atoms with Gasteiger partial charge < -0.3 is 5.32 Å². The minimum Gasteiger partial charge on any atom is -0.317 e. The maximum absolute atomic E-state index is 12.4. The van der Waals surface area contributed by atoms with Crippen LogP contribution in [0, 0.1) is 0 Å². The van der Waals surface area contributed by atoms with Crippen molar-refractivity contribution in [1.82, 2.24) is 14.5 Å². The largest absolute Gasteiger partial charge is 0.332 e. The van der Waals surface area contributed by atoms with Crippen molar-refractivity contribution in [2.75, 3.05) is 13.1 Å². The zero-order chi connectivity index (χ0) is 12.4. The summed E-state index contributed by atoms with van der Waals surface area (Å²) in [5.74, 6) is 0. The molecule has 2 heterocycles. The van der Waals surface area contributed by atoms with Crippen LogP contribution in [-0.4, -0.2) is 22.2 Å². The molecule has 0 unspecified atom stereocenters. The Hall–Kier alpha value is -1.52. The second kappa shape index (κ2) is 6.08. The highest BCUT2D eigenvalue weighted by Gasteiger charge is 2.17. The van der Waals surface area contributed by atoms with E-state index < -0.39 is 0 Å². The summed E-state index contributed by atoms with van der Waals surface area (Å²) in [7, 11) is 0. The Morgan fingerprint density at radius 1 is 1.05 bits per heavy atom. The van der Waals surface area contributed by atoms with Gasteiger partial charge in [-0.2, -0.15) is 0 Å². The normalized spacial score (nSPS) is 16.0. The molecule has 1 aliphatic heterocycles. The highest BCUT2D eigenvalue weighted by molar-refractivity contribution is 5.85. The van der Waals surface area contributed by atoms with E-state index in [9.17, 15) is 4.79 Å². The number of aromatic nitrogens is 2. The summed E-state index contributed by atoms with van der Waals surface area (Å²) in [5, 5.41) is 3.32. The van der Waals surface area contributed by atoms with Crippen LogP contribution in [0.15, 0.2) is 47.5 Å². The average Bonchev–Trinajstić information content (AvgIpc) is 2.83. The highest BCUT2D eigenvalue weighted by Crippen LogP contribution is 2.16. The van der Waals surface area contributed by atoms with Crippen LogP contribution in [0.25, 0.3) is 5.69 Å². The van der Waals surface area contributed by atoms with Gasteiger partial charge in [0.2, 0.25) is 0 Å². The molecule has 5 heteroatoms. The summed E-state index contributed by atoms with van der Waals surface area (Å²) in [6, 6.07) is 10.1. The zero-order valence-corrected chi connectivity index (χ0v) is 11.5. The third-order valence-corrected chi connectivity index (χ3v) is 3.54. The van der Waals surface area contributed by atoms with E-state index in [-0.39, 0.29) is 18.1 Å². The monoisotopic (exact) mass is 279 g/mol. The first-order chi connectivity index (χ1) is 8.86. The number of rotatable bonds is 2. The molecule has 4 nitrogen and oxygen atoms in total. The van der Waals surface area contributed by atoms with Crippen LogP contribution in [0.3, 0.4) is 0 Å². The summed E-state index contributed by atoms with van der Waals surface area (Å²) in [5.41, 5.74) is 0.989. The predicted molar refractivity (Wildman–Crippen MR) is 78.4 cm³/mol. The van der Waals surface area contributed by atoms with Crippen molar-refractivity contribution in [3.05, 3.63) is 53.2 Å². The fourth-order valence-electron chi connectivity index (χ4n) is 2.54. The Kier molecular flexibility index (Phi) is 4.45. The van der Waals surface area contributed by atoms with E-state index in [1.165, 1.54) is 0 Å². The number of imidazole rings is 1. The van der Waals surface area contributed by atoms with Gasteiger partial charge in [-0.05, 0) is 38.1 Å². The third kappa shape index (κ3) is 2.74. The van der Waals surface area contributed by atoms with Crippen molar-refractivity contribution in [2.45, 2.75) is 18.9 Å². The summed E-state index contributed by atoms with van der Waals surface area (Å²) in [6.07, 6.45) is 5.82. The maximum Gasteiger partial charge on any atom is 0.332 e. The zero-order valence-electron chi connectivity index (χ0n) is 10.7. The molecule has 19 heavy (non-hydrogen) atoms. The van der Waals surface area contributed by atoms with Gasteiger partial charge in [0.25, 0.3) is 0 Å². The lowest BCUT2D eigenvalue weighted by Crippen LogP contribution is -2.34. The van der Waals surface area contributed by atoms with Crippen LogP contribution in [0.2, 0.25) is 0 Å². The Labute approximate surface area is 118 Å². The Morgan fingerprint density at radius 2 is 1.74 bits per heavy atom. The third-order valence-electron chi connectivity index (χ3n) is 3.54. The summed E-state index contributed by atoms with van der Waals surface area (Å²) >= 11 is 0. The molecular weight excluding hydrogens is 262 g/mol. The molecule has 1 aromatic carbocycles. The maximum atomic E-state index is 12.4. The van der Waals surface area contributed by atoms with Gasteiger partial charge in [0.15, 0.2) is 0 Å². The number of nitrogens with one attached hydrogen (secondary N) is 1. The molecule has 1 saturated heterocycles. The smallest absolute Gasteiger partial charge is 0.317 e. The van der Waals surface area contributed by atoms with Crippen LogP contribution < -0.4 is 11.0 Å². The van der Waals surface area contributed by atoms with E-state index in [0.717, 1.165) is 31.6 Å². The topological polar surface area (TPSA) is 39.0 Å². The number of para-hydroxylation sites is 1. The van der Waals surface area contributed by atoms with Crippen molar-refractivity contribution < 1.29 is 0 Å². The number of halogens is 1. The Balaban J connectivity index is 0.00000133. The van der Waals surface area contributed by atoms with Crippen molar-refractivity contribution in [2.24, 2.45) is 0 Å². The minimum absolute atomic E-state index is 0. The van der Waals surface area contributed by atoms with Crippen molar-refractivity contribution in [3.63, 3.8) is 0 Å². The van der Waals surface area contributed by atoms with Crippen molar-refractivity contribution in [3.8, 4) is 5.69 Å². The lowest BCUT2D eigenvalue weighted by atomic mass is 10.1. The summed E-state index contributed by atoms with van der Waals surface area (Å²) in [6.45, 7) is 1.99. The lowest BCUT2D eigenvalue weighted by molar-refractivity contribution is 0.360. The molecular formula is C14H18ClN3O. The van der Waals surface area contributed by atoms with Crippen molar-refractivity contribution >= 4 is 12.4 Å². The first-order valence-electron chi connectivity index (χ1n) is 6.42. The summed E-state index contributed by atoms with van der Waals surface area (Å²) < 4.78 is 3.58. The van der Waals surface area contributed by atoms with Crippen LogP contribution in [0.4, 0.5) is 0 Å². The first kappa shape index (κ1) is 13.9. The molecule has 1 N–H and O–H groups in total. The SMILES string of the molecule is Cl.O=c1n(-c2ccccc2)ccn1C1CCNCC1. The van der Waals surface area contributed by atoms with E-state index in [1.54, 1.807) is 4.57 Å². The van der Waals surface area contributed by atoms with Gasteiger partial charge in [0, 0.05) is 18.4 Å². The quantitative estimate of drug-likeness (QED) is 0.913. The number of hydrogen-bond donors (Lipinski definition) is 1. The van der Waals surface area contributed by atoms with Crippen LogP contribution in [0.1, 0.15) is 18.9 Å². The van der Waals surface area contributed by atoms with Crippen LogP contribution in [-0.2, 0) is 0 Å².